The van der Waals surface area contributed by atoms with E-state index in [0.29, 0.717) is 65.9 Å². The van der Waals surface area contributed by atoms with Crippen molar-refractivity contribution in [2.75, 3.05) is 111 Å². The molecule has 96 heavy (non-hydrogen) atoms. The second-order valence-electron chi connectivity index (χ2n) is 25.5. The van der Waals surface area contributed by atoms with Crippen LogP contribution in [-0.2, 0) is 29.2 Å². The van der Waals surface area contributed by atoms with Crippen LogP contribution in [-0.4, -0.2) is 217 Å². The van der Waals surface area contributed by atoms with Gasteiger partial charge in [-0.1, -0.05) is 0 Å². The smallest absolute Gasteiger partial charge is 0.373 e. The summed E-state index contributed by atoms with van der Waals surface area (Å²) < 4.78 is 9.48. The van der Waals surface area contributed by atoms with Gasteiger partial charge in [0.2, 0.25) is 0 Å². The highest BCUT2D eigenvalue weighted by Crippen LogP contribution is 2.28. The standard InChI is InChI=1S/C22H27N7O2.C11H11N3O.C10H16N4O2.C10H18N4.C7H15NO.C3H3N3O2.CO2/c1-14-10-23-22(31)19-9-16-3-4-18(26-20(16)29(14)19)21(30)25-17-11-24-28(13-17)12-15-5-7-27(2)8-6-15;1-7-6-13-11(15)9-5-8-3-2-4-12-10(8)14(7)9;1-12-4-2-9(3-5-12)7-13-8-10(6-11-13)14(15)16;1-13-4-2-9(3-5-13)7-14-8-10(11)6-12-14;1-8-4-2-7(6-9)3-5-8;7-6(8)3-1-4-5-2-3;2-1-3/h3-4,9,11,13-15H,5-8,10,12H2,1-2H3,(H,23,31)(H,25,30);2-5,7H,6H2,1H3,(H,13,15);6,8-9H,2-5,7H2,1H3;6,8-9H,2-5,7,11H2,1H3;7,9H,2-6H2,1H3;1-2H,(H,4,5);/t14-;7-;;;;;/m11...../s1. The molecule has 14 heterocycles. The topological polar surface area (TPSA) is 385 Å². The van der Waals surface area contributed by atoms with Gasteiger partial charge in [0, 0.05) is 68.7 Å². The van der Waals surface area contributed by atoms with Gasteiger partial charge in [0.25, 0.3) is 17.7 Å². The minimum absolute atomic E-state index is 0.00824. The van der Waals surface area contributed by atoms with Gasteiger partial charge in [-0.15, -0.1) is 0 Å². The normalized spacial score (nSPS) is 18.8. The van der Waals surface area contributed by atoms with Crippen molar-refractivity contribution in [3.8, 4) is 0 Å². The van der Waals surface area contributed by atoms with Crippen LogP contribution in [0.5, 0.6) is 0 Å². The van der Waals surface area contributed by atoms with E-state index in [1.807, 2.05) is 68.1 Å². The number of amides is 3. The molecule has 0 aromatic carbocycles. The van der Waals surface area contributed by atoms with Crippen molar-refractivity contribution in [3.05, 3.63) is 129 Å². The van der Waals surface area contributed by atoms with Crippen molar-refractivity contribution in [2.24, 2.45) is 23.7 Å². The molecule has 4 fully saturated rings. The first-order valence-electron chi connectivity index (χ1n) is 32.5. The lowest BCUT2D eigenvalue weighted by molar-refractivity contribution is -0.385. The van der Waals surface area contributed by atoms with Gasteiger partial charge in [-0.2, -0.15) is 30.0 Å². The van der Waals surface area contributed by atoms with E-state index < -0.39 is 9.85 Å². The van der Waals surface area contributed by atoms with Gasteiger partial charge in [-0.3, -0.25) is 53.8 Å². The maximum absolute atomic E-state index is 12.8. The fourth-order valence-corrected chi connectivity index (χ4v) is 12.2. The van der Waals surface area contributed by atoms with Crippen molar-refractivity contribution >= 4 is 68.7 Å². The number of H-pyrrole nitrogens is 1. The zero-order chi connectivity index (χ0) is 68.8. The zero-order valence-corrected chi connectivity index (χ0v) is 55.5. The lowest BCUT2D eigenvalue weighted by Crippen LogP contribution is -2.37. The molecule has 32 nitrogen and oxygen atoms in total. The first-order valence-corrected chi connectivity index (χ1v) is 32.5. The summed E-state index contributed by atoms with van der Waals surface area (Å²) in [6.45, 7) is 17.6. The molecule has 0 radical (unpaired) electrons. The lowest BCUT2D eigenvalue weighted by atomic mass is 9.97. The summed E-state index contributed by atoms with van der Waals surface area (Å²) in [4.78, 5) is 90.5. The number of hydrogen-bond acceptors (Lipinski definition) is 21. The number of piperidine rings is 4. The Labute approximate surface area is 555 Å². The molecule has 32 heteroatoms. The van der Waals surface area contributed by atoms with Gasteiger partial charge in [0.05, 0.1) is 51.9 Å². The van der Waals surface area contributed by atoms with Crippen LogP contribution in [0, 0.1) is 43.9 Å². The molecule has 3 amide bonds. The van der Waals surface area contributed by atoms with Crippen LogP contribution in [0.3, 0.4) is 0 Å². The van der Waals surface area contributed by atoms with Crippen LogP contribution in [0.2, 0.25) is 0 Å². The molecule has 6 aliphatic heterocycles. The average Bonchev–Trinajstić information content (AvgIpc) is 1.62. The second kappa shape index (κ2) is 35.2. The Morgan fingerprint density at radius 2 is 1.09 bits per heavy atom. The average molecular weight is 1330 g/mol. The Balaban J connectivity index is 0.000000156. The van der Waals surface area contributed by atoms with Crippen molar-refractivity contribution in [1.29, 1.82) is 0 Å². The van der Waals surface area contributed by atoms with E-state index in [1.54, 1.807) is 29.3 Å². The number of rotatable bonds is 11. The third-order valence-corrected chi connectivity index (χ3v) is 18.0. The number of anilines is 2. The number of nitrogens with zero attached hydrogens (tertiary/aromatic N) is 17. The van der Waals surface area contributed by atoms with Crippen LogP contribution in [0.15, 0.2) is 92.2 Å². The minimum Gasteiger partial charge on any atom is -0.396 e. The molecule has 0 spiro atoms. The Morgan fingerprint density at radius 3 is 1.54 bits per heavy atom. The molecule has 0 saturated carbocycles. The molecule has 0 unspecified atom stereocenters. The molecule has 0 aliphatic carbocycles. The van der Waals surface area contributed by atoms with Crippen molar-refractivity contribution in [3.63, 3.8) is 0 Å². The number of aliphatic hydroxyl groups is 1. The van der Waals surface area contributed by atoms with E-state index in [4.69, 9.17) is 20.4 Å². The quantitative estimate of drug-likeness (QED) is 0.0690. The Hall–Kier alpha value is -9.59. The predicted molar refractivity (Wildman–Crippen MR) is 357 cm³/mol. The zero-order valence-electron chi connectivity index (χ0n) is 55.5. The monoisotopic (exact) mass is 1330 g/mol. The number of nitrogens with one attached hydrogen (secondary N) is 4. The van der Waals surface area contributed by atoms with E-state index in [9.17, 15) is 34.6 Å². The number of aromatic amines is 1. The number of aliphatic hydroxyl groups excluding tert-OH is 1. The third-order valence-electron chi connectivity index (χ3n) is 18.0. The highest BCUT2D eigenvalue weighted by molar-refractivity contribution is 6.05. The Kier molecular flexibility index (Phi) is 26.5. The molecular formula is C64H90N22O10. The highest BCUT2D eigenvalue weighted by Gasteiger charge is 2.28. The van der Waals surface area contributed by atoms with Gasteiger partial charge >= 0.3 is 17.5 Å². The first kappa shape index (κ1) is 72.2. The largest absolute Gasteiger partial charge is 0.396 e. The van der Waals surface area contributed by atoms with Crippen molar-refractivity contribution < 1.29 is 38.9 Å². The maximum atomic E-state index is 12.8. The summed E-state index contributed by atoms with van der Waals surface area (Å²) in [6.07, 6.45) is 23.9. The summed E-state index contributed by atoms with van der Waals surface area (Å²) in [5.41, 5.74) is 10.3. The maximum Gasteiger partial charge on any atom is 0.373 e. The van der Waals surface area contributed by atoms with Crippen LogP contribution in [0.1, 0.15) is 109 Å². The molecule has 8 aromatic rings. The molecule has 14 rings (SSSR count). The number of carbonyl (C=O) groups excluding carboxylic acids is 5. The van der Waals surface area contributed by atoms with Gasteiger partial charge < -0.3 is 55.5 Å². The first-order chi connectivity index (χ1) is 46.2. The van der Waals surface area contributed by atoms with E-state index in [0.717, 1.165) is 106 Å². The van der Waals surface area contributed by atoms with E-state index >= 15 is 0 Å². The summed E-state index contributed by atoms with van der Waals surface area (Å²) in [6, 6.07) is 11.5. The SMILES string of the molecule is CN1CCC(CO)CC1.CN1CCC(Cn2cc(N)cn2)CC1.CN1CCC(Cn2cc([N+](=O)[O-])cn2)CC1.C[C@@H]1CNC(=O)c2cc3ccc(C(=O)Nc4cnn(CC5CCN(C)CC5)c4)nc3n21.C[C@@H]1CNC(=O)c2cc3cccnc3n21.O=C=O.O=[N+]([O-])c1cn[nH]c1. The van der Waals surface area contributed by atoms with Crippen molar-refractivity contribution in [2.45, 2.75) is 96.9 Å². The van der Waals surface area contributed by atoms with Crippen LogP contribution in [0.4, 0.5) is 22.7 Å². The summed E-state index contributed by atoms with van der Waals surface area (Å²) >= 11 is 0. The number of aromatic nitrogens is 12. The second-order valence-corrected chi connectivity index (χ2v) is 25.5. The molecule has 7 N–H and O–H groups in total. The molecule has 4 saturated heterocycles. The number of nitro groups is 2. The molecule has 0 bridgehead atoms. The minimum atomic E-state index is -0.510. The number of hydrogen-bond donors (Lipinski definition) is 6. The van der Waals surface area contributed by atoms with Gasteiger partial charge in [-0.25, -0.2) is 9.97 Å². The number of nitrogen functional groups attached to an aromatic ring is 1. The number of carbonyl (C=O) groups is 3. The van der Waals surface area contributed by atoms with Crippen LogP contribution < -0.4 is 21.7 Å². The lowest BCUT2D eigenvalue weighted by Gasteiger charge is -2.28. The van der Waals surface area contributed by atoms with Crippen LogP contribution in [0.25, 0.3) is 22.1 Å². The fraction of sp³-hybridized carbons (Fsp3) is 0.531. The Bertz CT molecular complexity index is 3820. The molecule has 6 aliphatic rings. The summed E-state index contributed by atoms with van der Waals surface area (Å²) in [5, 5.41) is 57.9. The number of nitrogens with two attached hydrogens (primary N) is 1. The number of fused-ring (bicyclic) bond motifs is 6. The van der Waals surface area contributed by atoms with Gasteiger partial charge in [-0.05, 0) is 206 Å². The molecular weight excluding hydrogens is 1240 g/mol. The summed E-state index contributed by atoms with van der Waals surface area (Å²) in [5.74, 6) is 2.15. The van der Waals surface area contributed by atoms with E-state index in [-0.39, 0.29) is 47.3 Å². The number of likely N-dealkylation sites (tertiary alicyclic amines) is 4. The third kappa shape index (κ3) is 20.7. The molecule has 2 atom stereocenters. The fourth-order valence-electron chi connectivity index (χ4n) is 12.2. The number of pyridine rings is 2. The molecule has 516 valence electrons. The highest BCUT2D eigenvalue weighted by atomic mass is 16.6. The van der Waals surface area contributed by atoms with Gasteiger partial charge in [0.15, 0.2) is 0 Å². The Morgan fingerprint density at radius 1 is 0.635 bits per heavy atom. The van der Waals surface area contributed by atoms with Crippen LogP contribution >= 0.6 is 0 Å². The predicted octanol–water partition coefficient (Wildman–Crippen LogP) is 5.47. The van der Waals surface area contributed by atoms with Crippen molar-refractivity contribution in [1.82, 2.24) is 88.9 Å². The molecule has 8 aromatic heterocycles. The van der Waals surface area contributed by atoms with E-state index in [2.05, 4.69) is 106 Å². The van der Waals surface area contributed by atoms with Gasteiger partial charge in [0.1, 0.15) is 47.0 Å². The van der Waals surface area contributed by atoms with E-state index in [1.165, 1.54) is 70.2 Å². The summed E-state index contributed by atoms with van der Waals surface area (Å²) in [7, 11) is 8.59.